The molecule has 11 heteroatoms. The maximum atomic E-state index is 12.6. The zero-order valence-corrected chi connectivity index (χ0v) is 18.1. The molecule has 0 amide bonds. The van der Waals surface area contributed by atoms with Crippen molar-refractivity contribution in [2.24, 2.45) is 0 Å². The average molecular weight is 510 g/mol. The van der Waals surface area contributed by atoms with Crippen LogP contribution in [0.1, 0.15) is 0 Å². The Balaban J connectivity index is 1.71. The summed E-state index contributed by atoms with van der Waals surface area (Å²) in [4.78, 5) is 21.4. The monoisotopic (exact) mass is 508 g/mol. The highest BCUT2D eigenvalue weighted by Gasteiger charge is 2.25. The second kappa shape index (κ2) is 7.66. The molecule has 30 heavy (non-hydrogen) atoms. The smallest absolute Gasteiger partial charge is 0.347 e. The van der Waals surface area contributed by atoms with Gasteiger partial charge in [-0.1, -0.05) is 23.2 Å². The molecule has 0 unspecified atom stereocenters. The van der Waals surface area contributed by atoms with Gasteiger partial charge < -0.3 is 13.9 Å². The number of fused-ring (bicyclic) bond motifs is 1. The molecule has 1 aromatic carbocycles. The lowest BCUT2D eigenvalue weighted by Gasteiger charge is -2.25. The van der Waals surface area contributed by atoms with Crippen LogP contribution in [0.25, 0.3) is 28.3 Å². The first-order valence-corrected chi connectivity index (χ1v) is 10.3. The van der Waals surface area contributed by atoms with Crippen LogP contribution >= 0.6 is 39.1 Å². The fourth-order valence-corrected chi connectivity index (χ4v) is 4.03. The first-order chi connectivity index (χ1) is 14.5. The molecule has 5 rings (SSSR count). The number of benzene rings is 1. The summed E-state index contributed by atoms with van der Waals surface area (Å²) >= 11 is 15.8. The van der Waals surface area contributed by atoms with E-state index in [0.717, 1.165) is 0 Å². The van der Waals surface area contributed by atoms with Gasteiger partial charge in [0.15, 0.2) is 5.82 Å². The lowest BCUT2D eigenvalue weighted by atomic mass is 10.2. The Morgan fingerprint density at radius 2 is 2.07 bits per heavy atom. The molecule has 8 nitrogen and oxygen atoms in total. The van der Waals surface area contributed by atoms with Crippen LogP contribution in [0.2, 0.25) is 10.0 Å². The number of ether oxygens (including phenoxy) is 2. The van der Waals surface area contributed by atoms with Crippen LogP contribution in [0, 0.1) is 0 Å². The molecule has 1 aliphatic heterocycles. The molecular weight excluding hydrogens is 499 g/mol. The third-order valence-electron chi connectivity index (χ3n) is 4.39. The van der Waals surface area contributed by atoms with Gasteiger partial charge in [-0.15, -0.1) is 5.10 Å². The summed E-state index contributed by atoms with van der Waals surface area (Å²) in [6.07, 6.45) is 1.48. The summed E-state index contributed by atoms with van der Waals surface area (Å²) < 4.78 is 18.4. The molecule has 0 radical (unpaired) electrons. The summed E-state index contributed by atoms with van der Waals surface area (Å²) in [5.74, 6) is 0.679. The van der Waals surface area contributed by atoms with Crippen molar-refractivity contribution in [2.45, 2.75) is 6.10 Å². The predicted octanol–water partition coefficient (Wildman–Crippen LogP) is 4.28. The standard InChI is InChI=1S/C19H11BrCl2N4O4/c20-12-5-9(21)4-11-16(12)24-18(30-19(11)27)14-6-15(29-10-7-28-8-10)25-26(14)17-13(22)2-1-3-23-17/h1-6,10H,7-8H2. The molecule has 4 heterocycles. The molecular formula is C19H11BrCl2N4O4. The summed E-state index contributed by atoms with van der Waals surface area (Å²) in [6, 6.07) is 8.15. The topological polar surface area (TPSA) is 92.3 Å². The van der Waals surface area contributed by atoms with E-state index in [-0.39, 0.29) is 17.4 Å². The molecule has 0 spiro atoms. The Kier molecular flexibility index (Phi) is 4.98. The van der Waals surface area contributed by atoms with E-state index in [1.54, 1.807) is 30.5 Å². The largest absolute Gasteiger partial charge is 0.468 e. The van der Waals surface area contributed by atoms with Gasteiger partial charge in [-0.25, -0.2) is 19.4 Å². The fraction of sp³-hybridized carbons (Fsp3) is 0.158. The molecule has 1 saturated heterocycles. The third-order valence-corrected chi connectivity index (χ3v) is 5.51. The van der Waals surface area contributed by atoms with Gasteiger partial charge in [0.25, 0.3) is 0 Å². The number of nitrogens with zero attached hydrogens (tertiary/aromatic N) is 4. The number of hydrogen-bond donors (Lipinski definition) is 0. The van der Waals surface area contributed by atoms with Crippen molar-refractivity contribution >= 4 is 50.0 Å². The molecule has 0 saturated carbocycles. The van der Waals surface area contributed by atoms with Crippen molar-refractivity contribution in [3.63, 3.8) is 0 Å². The minimum absolute atomic E-state index is 0.0319. The number of rotatable bonds is 4. The van der Waals surface area contributed by atoms with Crippen LogP contribution in [0.4, 0.5) is 0 Å². The number of aromatic nitrogens is 4. The highest BCUT2D eigenvalue weighted by atomic mass is 79.9. The van der Waals surface area contributed by atoms with Crippen molar-refractivity contribution in [3.8, 4) is 23.3 Å². The van der Waals surface area contributed by atoms with Gasteiger partial charge in [0.05, 0.1) is 29.1 Å². The summed E-state index contributed by atoms with van der Waals surface area (Å²) in [7, 11) is 0. The fourth-order valence-electron chi connectivity index (χ4n) is 2.93. The molecule has 0 aliphatic carbocycles. The first kappa shape index (κ1) is 19.5. The van der Waals surface area contributed by atoms with Crippen molar-refractivity contribution in [3.05, 3.63) is 61.5 Å². The van der Waals surface area contributed by atoms with Crippen LogP contribution in [0.5, 0.6) is 5.88 Å². The number of halogens is 3. The van der Waals surface area contributed by atoms with E-state index >= 15 is 0 Å². The molecule has 0 bridgehead atoms. The van der Waals surface area contributed by atoms with Gasteiger partial charge >= 0.3 is 5.63 Å². The highest BCUT2D eigenvalue weighted by Crippen LogP contribution is 2.31. The Morgan fingerprint density at radius 3 is 2.80 bits per heavy atom. The van der Waals surface area contributed by atoms with Crippen LogP contribution < -0.4 is 10.4 Å². The lowest BCUT2D eigenvalue weighted by molar-refractivity contribution is -0.0814. The van der Waals surface area contributed by atoms with Gasteiger partial charge in [-0.3, -0.25) is 0 Å². The van der Waals surface area contributed by atoms with Gasteiger partial charge in [0.2, 0.25) is 11.8 Å². The molecule has 0 atom stereocenters. The van der Waals surface area contributed by atoms with Crippen LogP contribution in [0.15, 0.2) is 50.2 Å². The van der Waals surface area contributed by atoms with E-state index in [2.05, 4.69) is 31.0 Å². The van der Waals surface area contributed by atoms with E-state index < -0.39 is 5.63 Å². The van der Waals surface area contributed by atoms with Crippen molar-refractivity contribution in [2.75, 3.05) is 13.2 Å². The normalized spacial score (nSPS) is 14.1. The van der Waals surface area contributed by atoms with Crippen molar-refractivity contribution in [1.82, 2.24) is 19.7 Å². The lowest BCUT2D eigenvalue weighted by Crippen LogP contribution is -2.38. The summed E-state index contributed by atoms with van der Waals surface area (Å²) in [6.45, 7) is 0.951. The average Bonchev–Trinajstić information content (AvgIpc) is 3.09. The van der Waals surface area contributed by atoms with Gasteiger partial charge in [0.1, 0.15) is 11.8 Å². The minimum atomic E-state index is -0.590. The van der Waals surface area contributed by atoms with Crippen molar-refractivity contribution < 1.29 is 13.9 Å². The number of pyridine rings is 1. The van der Waals surface area contributed by atoms with E-state index in [1.807, 2.05) is 0 Å². The van der Waals surface area contributed by atoms with Crippen molar-refractivity contribution in [1.29, 1.82) is 0 Å². The van der Waals surface area contributed by atoms with E-state index in [4.69, 9.17) is 37.1 Å². The second-order valence-corrected chi connectivity index (χ2v) is 8.15. The Bertz CT molecular complexity index is 1340. The molecule has 1 aliphatic rings. The molecule has 1 fully saturated rings. The van der Waals surface area contributed by atoms with Gasteiger partial charge in [-0.05, 0) is 40.2 Å². The van der Waals surface area contributed by atoms with E-state index in [0.29, 0.717) is 50.6 Å². The molecule has 152 valence electrons. The quantitative estimate of drug-likeness (QED) is 0.405. The summed E-state index contributed by atoms with van der Waals surface area (Å²) in [5, 5.41) is 5.44. The second-order valence-electron chi connectivity index (χ2n) is 6.46. The third kappa shape index (κ3) is 3.47. The Morgan fingerprint density at radius 1 is 1.23 bits per heavy atom. The highest BCUT2D eigenvalue weighted by molar-refractivity contribution is 9.10. The zero-order chi connectivity index (χ0) is 20.8. The Labute approximate surface area is 187 Å². The van der Waals surface area contributed by atoms with Crippen LogP contribution in [-0.4, -0.2) is 39.1 Å². The molecule has 3 aromatic heterocycles. The maximum absolute atomic E-state index is 12.6. The van der Waals surface area contributed by atoms with Crippen LogP contribution in [0.3, 0.4) is 0 Å². The van der Waals surface area contributed by atoms with Crippen LogP contribution in [-0.2, 0) is 4.74 Å². The van der Waals surface area contributed by atoms with E-state index in [1.165, 1.54) is 10.7 Å². The first-order valence-electron chi connectivity index (χ1n) is 8.75. The Hall–Kier alpha value is -2.46. The van der Waals surface area contributed by atoms with Gasteiger partial charge in [-0.2, -0.15) is 0 Å². The molecule has 0 N–H and O–H groups in total. The van der Waals surface area contributed by atoms with E-state index in [9.17, 15) is 4.79 Å². The SMILES string of the molecule is O=c1oc(-c2cc(OC3COC3)nn2-c2ncccc2Cl)nc2c(Br)cc(Cl)cc12. The van der Waals surface area contributed by atoms with Gasteiger partial charge in [0, 0.05) is 21.8 Å². The maximum Gasteiger partial charge on any atom is 0.347 e. The minimum Gasteiger partial charge on any atom is -0.468 e. The molecule has 4 aromatic rings. The summed E-state index contributed by atoms with van der Waals surface area (Å²) in [5.41, 5.74) is 0.167. The predicted molar refractivity (Wildman–Crippen MR) is 114 cm³/mol. The number of hydrogen-bond acceptors (Lipinski definition) is 7. The zero-order valence-electron chi connectivity index (χ0n) is 15.0.